The van der Waals surface area contributed by atoms with Crippen molar-refractivity contribution >= 4 is 0 Å². The van der Waals surface area contributed by atoms with Gasteiger partial charge in [-0.25, -0.2) is 4.39 Å². The summed E-state index contributed by atoms with van der Waals surface area (Å²) in [7, 11) is 2.13. The maximum absolute atomic E-state index is 13.1. The Hall–Kier alpha value is -0.830. The van der Waals surface area contributed by atoms with Crippen LogP contribution in [0.5, 0.6) is 0 Å². The predicted octanol–water partition coefficient (Wildman–Crippen LogP) is 4.05. The molecule has 0 N–H and O–H groups in total. The fraction of sp³-hybridized carbons (Fsp3) is 0.733. The molecule has 0 aliphatic carbocycles. The second kappa shape index (κ2) is 9.15. The topological polar surface area (TPSA) is 12.5 Å². The zero-order chi connectivity index (χ0) is 13.2. The van der Waals surface area contributed by atoms with E-state index >= 15 is 0 Å². The van der Waals surface area contributed by atoms with Gasteiger partial charge in [0.2, 0.25) is 0 Å². The zero-order valence-corrected chi connectivity index (χ0v) is 11.8. The normalized spacial score (nSPS) is 23.5. The molecule has 18 heavy (non-hydrogen) atoms. The standard InChI is InChI=1S/C15H26FNO/c1-3-14(16)9-10-15-8-6-4-5-7-11-17(2)12-13-18-15/h9-10H,3-8,11-13H2,1-2H3/b14-9+,15-10+. The number of nitrogens with zero attached hydrogens (tertiary/aromatic N) is 1. The van der Waals surface area contributed by atoms with Crippen LogP contribution in [-0.2, 0) is 4.74 Å². The molecular weight excluding hydrogens is 229 g/mol. The molecule has 0 spiro atoms. The summed E-state index contributed by atoms with van der Waals surface area (Å²) in [6.45, 7) is 4.60. The largest absolute Gasteiger partial charge is 0.497 e. The number of rotatable bonds is 2. The van der Waals surface area contributed by atoms with E-state index in [1.807, 2.05) is 6.92 Å². The molecule has 1 fully saturated rings. The highest BCUT2D eigenvalue weighted by atomic mass is 19.1. The second-order valence-electron chi connectivity index (χ2n) is 4.92. The molecule has 1 rings (SSSR count). The van der Waals surface area contributed by atoms with Crippen molar-refractivity contribution in [3.63, 3.8) is 0 Å². The molecule has 1 heterocycles. The van der Waals surface area contributed by atoms with Crippen molar-refractivity contribution < 1.29 is 9.13 Å². The quantitative estimate of drug-likeness (QED) is 0.738. The lowest BCUT2D eigenvalue weighted by molar-refractivity contribution is 0.166. The van der Waals surface area contributed by atoms with E-state index in [0.29, 0.717) is 13.0 Å². The summed E-state index contributed by atoms with van der Waals surface area (Å²) in [5.74, 6) is 0.839. The third-order valence-corrected chi connectivity index (χ3v) is 3.26. The Bertz CT molecular complexity index is 286. The average Bonchev–Trinajstić information content (AvgIpc) is 2.42. The van der Waals surface area contributed by atoms with Gasteiger partial charge in [-0.05, 0) is 45.0 Å². The Labute approximate surface area is 111 Å². The lowest BCUT2D eigenvalue weighted by atomic mass is 10.1. The number of hydrogen-bond acceptors (Lipinski definition) is 2. The van der Waals surface area contributed by atoms with E-state index in [9.17, 15) is 4.39 Å². The van der Waals surface area contributed by atoms with E-state index in [0.717, 1.165) is 31.7 Å². The van der Waals surface area contributed by atoms with Crippen LogP contribution in [0.2, 0.25) is 0 Å². The third-order valence-electron chi connectivity index (χ3n) is 3.26. The summed E-state index contributed by atoms with van der Waals surface area (Å²) < 4.78 is 18.8. The molecule has 0 aromatic rings. The van der Waals surface area contributed by atoms with Gasteiger partial charge < -0.3 is 9.64 Å². The number of likely N-dealkylation sites (N-methyl/N-ethyl adjacent to an activating group) is 1. The van der Waals surface area contributed by atoms with Crippen LogP contribution in [-0.4, -0.2) is 31.6 Å². The highest BCUT2D eigenvalue weighted by Crippen LogP contribution is 2.14. The Balaban J connectivity index is 2.53. The highest BCUT2D eigenvalue weighted by molar-refractivity contribution is 5.10. The van der Waals surface area contributed by atoms with Gasteiger partial charge >= 0.3 is 0 Å². The molecule has 0 aromatic carbocycles. The maximum atomic E-state index is 13.1. The predicted molar refractivity (Wildman–Crippen MR) is 74.1 cm³/mol. The monoisotopic (exact) mass is 255 g/mol. The van der Waals surface area contributed by atoms with Crippen molar-refractivity contribution in [1.29, 1.82) is 0 Å². The summed E-state index contributed by atoms with van der Waals surface area (Å²) in [5, 5.41) is 0. The van der Waals surface area contributed by atoms with Crippen LogP contribution < -0.4 is 0 Å². The van der Waals surface area contributed by atoms with Gasteiger partial charge in [-0.15, -0.1) is 0 Å². The van der Waals surface area contributed by atoms with Gasteiger partial charge in [0, 0.05) is 13.0 Å². The van der Waals surface area contributed by atoms with E-state index in [4.69, 9.17) is 4.74 Å². The number of halogens is 1. The van der Waals surface area contributed by atoms with Gasteiger partial charge in [-0.2, -0.15) is 0 Å². The van der Waals surface area contributed by atoms with E-state index < -0.39 is 0 Å². The van der Waals surface area contributed by atoms with Crippen molar-refractivity contribution in [2.24, 2.45) is 0 Å². The van der Waals surface area contributed by atoms with Crippen molar-refractivity contribution in [2.75, 3.05) is 26.7 Å². The molecule has 0 saturated carbocycles. The van der Waals surface area contributed by atoms with Crippen LogP contribution in [0.4, 0.5) is 4.39 Å². The first-order valence-electron chi connectivity index (χ1n) is 7.09. The highest BCUT2D eigenvalue weighted by Gasteiger charge is 2.04. The van der Waals surface area contributed by atoms with Crippen molar-refractivity contribution in [3.05, 3.63) is 23.7 Å². The van der Waals surface area contributed by atoms with Gasteiger partial charge in [0.25, 0.3) is 0 Å². The molecule has 0 unspecified atom stereocenters. The van der Waals surface area contributed by atoms with Crippen LogP contribution in [0.1, 0.15) is 45.4 Å². The van der Waals surface area contributed by atoms with E-state index in [1.54, 1.807) is 12.2 Å². The Morgan fingerprint density at radius 3 is 2.83 bits per heavy atom. The van der Waals surface area contributed by atoms with Gasteiger partial charge in [0.15, 0.2) is 0 Å². The minimum atomic E-state index is -0.0856. The summed E-state index contributed by atoms with van der Waals surface area (Å²) in [4.78, 5) is 2.30. The molecule has 0 bridgehead atoms. The van der Waals surface area contributed by atoms with Crippen molar-refractivity contribution in [2.45, 2.75) is 45.4 Å². The molecule has 1 aliphatic rings. The van der Waals surface area contributed by atoms with E-state index in [2.05, 4.69) is 11.9 Å². The van der Waals surface area contributed by atoms with Crippen LogP contribution in [0.25, 0.3) is 0 Å². The number of hydrogen-bond donors (Lipinski definition) is 0. The lowest BCUT2D eigenvalue weighted by Gasteiger charge is -2.16. The molecule has 0 aromatic heterocycles. The first kappa shape index (κ1) is 15.2. The minimum Gasteiger partial charge on any atom is -0.497 e. The fourth-order valence-corrected chi connectivity index (χ4v) is 1.98. The molecule has 3 heteroatoms. The molecule has 104 valence electrons. The Morgan fingerprint density at radius 1 is 1.28 bits per heavy atom. The smallest absolute Gasteiger partial charge is 0.100 e. The van der Waals surface area contributed by atoms with Gasteiger partial charge in [0.05, 0.1) is 11.6 Å². The summed E-state index contributed by atoms with van der Waals surface area (Å²) in [5.41, 5.74) is 0. The van der Waals surface area contributed by atoms with E-state index in [-0.39, 0.29) is 5.83 Å². The zero-order valence-electron chi connectivity index (χ0n) is 11.8. The number of allylic oxidation sites excluding steroid dienone is 4. The first-order valence-corrected chi connectivity index (χ1v) is 7.09. The minimum absolute atomic E-state index is 0.0856. The van der Waals surface area contributed by atoms with Crippen molar-refractivity contribution in [1.82, 2.24) is 4.90 Å². The maximum Gasteiger partial charge on any atom is 0.100 e. The SMILES string of the molecule is CC/C(F)=C\C=C1/CCCCCCN(C)CCO1. The Kier molecular flexibility index (Phi) is 7.74. The summed E-state index contributed by atoms with van der Waals surface area (Å²) in [6.07, 6.45) is 9.63. The van der Waals surface area contributed by atoms with Gasteiger partial charge in [0.1, 0.15) is 6.61 Å². The van der Waals surface area contributed by atoms with Crippen LogP contribution in [0.3, 0.4) is 0 Å². The molecule has 0 amide bonds. The average molecular weight is 255 g/mol. The van der Waals surface area contributed by atoms with Gasteiger partial charge in [-0.3, -0.25) is 0 Å². The van der Waals surface area contributed by atoms with Crippen LogP contribution in [0, 0.1) is 0 Å². The first-order chi connectivity index (χ1) is 8.72. The third kappa shape index (κ3) is 6.80. The molecule has 1 aliphatic heterocycles. The summed E-state index contributed by atoms with van der Waals surface area (Å²) >= 11 is 0. The summed E-state index contributed by atoms with van der Waals surface area (Å²) in [6, 6.07) is 0. The van der Waals surface area contributed by atoms with Crippen LogP contribution in [0.15, 0.2) is 23.7 Å². The molecule has 0 atom stereocenters. The Morgan fingerprint density at radius 2 is 2.06 bits per heavy atom. The fourth-order valence-electron chi connectivity index (χ4n) is 1.98. The van der Waals surface area contributed by atoms with Crippen molar-refractivity contribution in [3.8, 4) is 0 Å². The molecule has 0 radical (unpaired) electrons. The molecule has 1 saturated heterocycles. The lowest BCUT2D eigenvalue weighted by Crippen LogP contribution is -2.24. The molecule has 2 nitrogen and oxygen atoms in total. The van der Waals surface area contributed by atoms with E-state index in [1.165, 1.54) is 19.3 Å². The molecular formula is C15H26FNO. The second-order valence-corrected chi connectivity index (χ2v) is 4.92. The van der Waals surface area contributed by atoms with Crippen LogP contribution >= 0.6 is 0 Å². The van der Waals surface area contributed by atoms with Gasteiger partial charge in [-0.1, -0.05) is 19.8 Å². The number of ether oxygens (including phenoxy) is 1.